The standard InChI is InChI=1S/C11H11BrFN3O2/c12-4-9-7(13)3-6(5-14-9)15-8-1-2-10(17)16-11(8)18/h3,5,8,15H,1-2,4H2,(H,16,17,18). The summed E-state index contributed by atoms with van der Waals surface area (Å²) >= 11 is 3.12. The van der Waals surface area contributed by atoms with E-state index in [-0.39, 0.29) is 12.3 Å². The number of piperidine rings is 1. The largest absolute Gasteiger partial charge is 0.372 e. The average Bonchev–Trinajstić information content (AvgIpc) is 2.33. The molecular weight excluding hydrogens is 305 g/mol. The average molecular weight is 316 g/mol. The second-order valence-corrected chi connectivity index (χ2v) is 4.49. The summed E-state index contributed by atoms with van der Waals surface area (Å²) in [5.41, 5.74) is 0.732. The minimum absolute atomic E-state index is 0.277. The number of hydrogen-bond acceptors (Lipinski definition) is 4. The summed E-state index contributed by atoms with van der Waals surface area (Å²) in [4.78, 5) is 26.4. The molecule has 0 bridgehead atoms. The number of aromatic nitrogens is 1. The van der Waals surface area contributed by atoms with Crippen molar-refractivity contribution in [1.29, 1.82) is 0 Å². The van der Waals surface area contributed by atoms with Crippen molar-refractivity contribution in [1.82, 2.24) is 10.3 Å². The van der Waals surface area contributed by atoms with Crippen molar-refractivity contribution in [3.8, 4) is 0 Å². The molecule has 1 atom stereocenters. The van der Waals surface area contributed by atoms with Gasteiger partial charge in [0.1, 0.15) is 11.9 Å². The number of alkyl halides is 1. The molecule has 2 amide bonds. The van der Waals surface area contributed by atoms with E-state index in [4.69, 9.17) is 0 Å². The highest BCUT2D eigenvalue weighted by molar-refractivity contribution is 9.08. The predicted octanol–water partition coefficient (Wildman–Crippen LogP) is 1.33. The molecule has 1 unspecified atom stereocenters. The first-order chi connectivity index (χ1) is 8.60. The lowest BCUT2D eigenvalue weighted by molar-refractivity contribution is -0.133. The van der Waals surface area contributed by atoms with Gasteiger partial charge >= 0.3 is 0 Å². The van der Waals surface area contributed by atoms with E-state index in [9.17, 15) is 14.0 Å². The van der Waals surface area contributed by atoms with E-state index in [1.54, 1.807) is 0 Å². The monoisotopic (exact) mass is 315 g/mol. The third-order valence-electron chi connectivity index (χ3n) is 2.62. The first kappa shape index (κ1) is 12.9. The Morgan fingerprint density at radius 2 is 2.33 bits per heavy atom. The van der Waals surface area contributed by atoms with E-state index in [0.29, 0.717) is 23.1 Å². The molecule has 2 rings (SSSR count). The number of rotatable bonds is 3. The summed E-state index contributed by atoms with van der Waals surface area (Å²) in [6.45, 7) is 0. The van der Waals surface area contributed by atoms with Gasteiger partial charge in [0.2, 0.25) is 11.8 Å². The van der Waals surface area contributed by atoms with E-state index < -0.39 is 17.8 Å². The molecule has 0 aliphatic carbocycles. The van der Waals surface area contributed by atoms with Crippen LogP contribution in [0.5, 0.6) is 0 Å². The fourth-order valence-corrected chi connectivity index (χ4v) is 2.09. The summed E-state index contributed by atoms with van der Waals surface area (Å²) in [5, 5.41) is 5.42. The van der Waals surface area contributed by atoms with Gasteiger partial charge in [-0.05, 0) is 6.42 Å². The molecule has 2 heterocycles. The molecule has 0 spiro atoms. The summed E-state index contributed by atoms with van der Waals surface area (Å²) in [6.07, 6.45) is 2.13. The lowest BCUT2D eigenvalue weighted by Crippen LogP contribution is -2.47. The molecule has 1 aliphatic heterocycles. The van der Waals surface area contributed by atoms with Crippen LogP contribution < -0.4 is 10.6 Å². The predicted molar refractivity (Wildman–Crippen MR) is 66.6 cm³/mol. The Morgan fingerprint density at radius 3 is 2.94 bits per heavy atom. The van der Waals surface area contributed by atoms with Crippen LogP contribution in [-0.4, -0.2) is 22.8 Å². The topological polar surface area (TPSA) is 71.1 Å². The zero-order chi connectivity index (χ0) is 13.1. The van der Waals surface area contributed by atoms with Crippen molar-refractivity contribution in [2.45, 2.75) is 24.2 Å². The maximum Gasteiger partial charge on any atom is 0.249 e. The van der Waals surface area contributed by atoms with E-state index >= 15 is 0 Å². The lowest BCUT2D eigenvalue weighted by Gasteiger charge is -2.22. The molecule has 1 saturated heterocycles. The molecule has 18 heavy (non-hydrogen) atoms. The number of pyridine rings is 1. The number of amides is 2. The van der Waals surface area contributed by atoms with Crippen LogP contribution >= 0.6 is 15.9 Å². The van der Waals surface area contributed by atoms with Crippen molar-refractivity contribution in [3.05, 3.63) is 23.8 Å². The first-order valence-electron chi connectivity index (χ1n) is 5.41. The first-order valence-corrected chi connectivity index (χ1v) is 6.53. The Morgan fingerprint density at radius 1 is 1.56 bits per heavy atom. The molecule has 5 nitrogen and oxygen atoms in total. The summed E-state index contributed by atoms with van der Waals surface area (Å²) in [7, 11) is 0. The van der Waals surface area contributed by atoms with Crippen LogP contribution in [0.1, 0.15) is 18.5 Å². The molecule has 0 radical (unpaired) electrons. The zero-order valence-electron chi connectivity index (χ0n) is 9.37. The van der Waals surface area contributed by atoms with Crippen LogP contribution in [0.3, 0.4) is 0 Å². The minimum Gasteiger partial charge on any atom is -0.372 e. The fourth-order valence-electron chi connectivity index (χ4n) is 1.68. The maximum atomic E-state index is 13.5. The number of halogens is 2. The quantitative estimate of drug-likeness (QED) is 0.652. The van der Waals surface area contributed by atoms with Gasteiger partial charge in [0.15, 0.2) is 0 Å². The van der Waals surface area contributed by atoms with Crippen LogP contribution in [0.2, 0.25) is 0 Å². The van der Waals surface area contributed by atoms with Crippen LogP contribution in [0.25, 0.3) is 0 Å². The van der Waals surface area contributed by atoms with Gasteiger partial charge in [-0.25, -0.2) is 4.39 Å². The smallest absolute Gasteiger partial charge is 0.249 e. The van der Waals surface area contributed by atoms with Gasteiger partial charge in [-0.2, -0.15) is 0 Å². The van der Waals surface area contributed by atoms with E-state index in [2.05, 4.69) is 31.5 Å². The van der Waals surface area contributed by atoms with Crippen molar-refractivity contribution in [2.75, 3.05) is 5.32 Å². The number of carbonyl (C=O) groups is 2. The molecule has 7 heteroatoms. The molecule has 2 N–H and O–H groups in total. The number of carbonyl (C=O) groups excluding carboxylic acids is 2. The van der Waals surface area contributed by atoms with Gasteiger partial charge in [0.25, 0.3) is 0 Å². The normalized spacial score (nSPS) is 19.6. The molecule has 1 aromatic heterocycles. The summed E-state index contributed by atoms with van der Waals surface area (Å²) in [6, 6.07) is 0.756. The summed E-state index contributed by atoms with van der Waals surface area (Å²) < 4.78 is 13.5. The van der Waals surface area contributed by atoms with Crippen LogP contribution in [-0.2, 0) is 14.9 Å². The number of anilines is 1. The maximum absolute atomic E-state index is 13.5. The summed E-state index contributed by atoms with van der Waals surface area (Å²) in [5.74, 6) is -1.11. The molecular formula is C11H11BrFN3O2. The zero-order valence-corrected chi connectivity index (χ0v) is 11.0. The van der Waals surface area contributed by atoms with Crippen LogP contribution in [0, 0.1) is 5.82 Å². The van der Waals surface area contributed by atoms with Crippen molar-refractivity contribution >= 4 is 33.4 Å². The highest BCUT2D eigenvalue weighted by Gasteiger charge is 2.26. The number of nitrogens with one attached hydrogen (secondary N) is 2. The van der Waals surface area contributed by atoms with E-state index in [1.165, 1.54) is 12.3 Å². The van der Waals surface area contributed by atoms with Gasteiger partial charge in [-0.3, -0.25) is 19.9 Å². The van der Waals surface area contributed by atoms with Gasteiger partial charge in [0.05, 0.1) is 17.6 Å². The minimum atomic E-state index is -0.529. The van der Waals surface area contributed by atoms with Gasteiger partial charge < -0.3 is 5.32 Å². The molecule has 1 aliphatic rings. The Bertz CT molecular complexity index is 495. The molecule has 1 fully saturated rings. The van der Waals surface area contributed by atoms with Gasteiger partial charge in [0, 0.05) is 17.8 Å². The SMILES string of the molecule is O=C1CCC(Nc2cnc(CBr)c(F)c2)C(=O)N1. The molecule has 0 aromatic carbocycles. The fraction of sp³-hybridized carbons (Fsp3) is 0.364. The van der Waals surface area contributed by atoms with Crippen LogP contribution in [0.15, 0.2) is 12.3 Å². The van der Waals surface area contributed by atoms with E-state index in [1.807, 2.05) is 0 Å². The van der Waals surface area contributed by atoms with Crippen molar-refractivity contribution in [3.63, 3.8) is 0 Å². The Balaban J connectivity index is 2.07. The Kier molecular flexibility index (Phi) is 3.90. The number of imide groups is 1. The second-order valence-electron chi connectivity index (χ2n) is 3.93. The number of nitrogens with zero attached hydrogens (tertiary/aromatic N) is 1. The molecule has 0 saturated carbocycles. The lowest BCUT2D eigenvalue weighted by atomic mass is 10.1. The second kappa shape index (κ2) is 5.43. The Hall–Kier alpha value is -1.50. The highest BCUT2D eigenvalue weighted by Crippen LogP contribution is 2.17. The van der Waals surface area contributed by atoms with Crippen LogP contribution in [0.4, 0.5) is 10.1 Å². The Labute approximate surface area is 111 Å². The molecule has 96 valence electrons. The third-order valence-corrected chi connectivity index (χ3v) is 3.16. The third kappa shape index (κ3) is 2.84. The highest BCUT2D eigenvalue weighted by atomic mass is 79.9. The number of hydrogen-bond donors (Lipinski definition) is 2. The van der Waals surface area contributed by atoms with Crippen molar-refractivity contribution in [2.24, 2.45) is 0 Å². The van der Waals surface area contributed by atoms with Gasteiger partial charge in [-0.1, -0.05) is 15.9 Å². The molecule has 1 aromatic rings. The van der Waals surface area contributed by atoms with Crippen molar-refractivity contribution < 1.29 is 14.0 Å². The van der Waals surface area contributed by atoms with E-state index in [0.717, 1.165) is 0 Å². The van der Waals surface area contributed by atoms with Gasteiger partial charge in [-0.15, -0.1) is 0 Å².